The maximum absolute atomic E-state index is 14.2. The highest BCUT2D eigenvalue weighted by atomic mass is 19.1. The third kappa shape index (κ3) is 3.25. The molecule has 106 valence electrons. The Labute approximate surface area is 114 Å². The summed E-state index contributed by atoms with van der Waals surface area (Å²) in [6.45, 7) is 6.00. The molecule has 4 heteroatoms. The van der Waals surface area contributed by atoms with Crippen molar-refractivity contribution < 1.29 is 9.13 Å². The molecule has 1 heterocycles. The van der Waals surface area contributed by atoms with Gasteiger partial charge in [0.15, 0.2) is 0 Å². The quantitative estimate of drug-likeness (QED) is 0.886. The number of rotatable bonds is 5. The number of piperazine rings is 1. The summed E-state index contributed by atoms with van der Waals surface area (Å²) in [7, 11) is 1.61. The number of nitrogens with one attached hydrogen (secondary N) is 1. The van der Waals surface area contributed by atoms with Crippen molar-refractivity contribution in [3.63, 3.8) is 0 Å². The van der Waals surface area contributed by atoms with E-state index in [9.17, 15) is 4.39 Å². The Hall–Kier alpha value is -1.13. The molecule has 0 bridgehead atoms. The van der Waals surface area contributed by atoms with Crippen LogP contribution in [0.3, 0.4) is 0 Å². The van der Waals surface area contributed by atoms with Crippen LogP contribution in [-0.4, -0.2) is 38.2 Å². The second-order valence-electron chi connectivity index (χ2n) is 4.95. The average molecular weight is 266 g/mol. The van der Waals surface area contributed by atoms with Crippen LogP contribution < -0.4 is 10.1 Å². The summed E-state index contributed by atoms with van der Waals surface area (Å²) in [6, 6.07) is 5.20. The van der Waals surface area contributed by atoms with Gasteiger partial charge in [-0.2, -0.15) is 0 Å². The molecule has 1 N–H and O–H groups in total. The third-order valence-corrected chi connectivity index (χ3v) is 3.72. The number of nitrogens with zero attached hydrogens (tertiary/aromatic N) is 1. The zero-order valence-electron chi connectivity index (χ0n) is 11.8. The van der Waals surface area contributed by atoms with E-state index in [1.165, 1.54) is 6.07 Å². The van der Waals surface area contributed by atoms with Crippen LogP contribution in [0.5, 0.6) is 5.75 Å². The summed E-state index contributed by atoms with van der Waals surface area (Å²) in [5, 5.41) is 3.34. The van der Waals surface area contributed by atoms with Crippen LogP contribution in [0.25, 0.3) is 0 Å². The van der Waals surface area contributed by atoms with Gasteiger partial charge in [-0.25, -0.2) is 4.39 Å². The molecule has 1 aliphatic rings. The molecule has 0 unspecified atom stereocenters. The second-order valence-corrected chi connectivity index (χ2v) is 4.95. The van der Waals surface area contributed by atoms with E-state index in [0.29, 0.717) is 11.3 Å². The molecule has 0 aliphatic carbocycles. The number of hydrogen-bond acceptors (Lipinski definition) is 3. The van der Waals surface area contributed by atoms with E-state index in [4.69, 9.17) is 4.74 Å². The molecular formula is C15H23FN2O. The second kappa shape index (κ2) is 6.87. The largest absolute Gasteiger partial charge is 0.496 e. The lowest BCUT2D eigenvalue weighted by molar-refractivity contribution is 0.158. The number of benzene rings is 1. The van der Waals surface area contributed by atoms with Crippen LogP contribution in [0.4, 0.5) is 4.39 Å². The van der Waals surface area contributed by atoms with Gasteiger partial charge in [0, 0.05) is 37.8 Å². The number of methoxy groups -OCH3 is 1. The molecular weight excluding hydrogens is 243 g/mol. The molecule has 1 aromatic carbocycles. The molecule has 2 rings (SSSR count). The van der Waals surface area contributed by atoms with E-state index < -0.39 is 0 Å². The third-order valence-electron chi connectivity index (χ3n) is 3.72. The summed E-state index contributed by atoms with van der Waals surface area (Å²) < 4.78 is 19.6. The van der Waals surface area contributed by atoms with Crippen molar-refractivity contribution in [3.8, 4) is 5.75 Å². The highest BCUT2D eigenvalue weighted by molar-refractivity contribution is 5.37. The normalized spacial score (nSPS) is 18.3. The van der Waals surface area contributed by atoms with Crippen molar-refractivity contribution in [2.24, 2.45) is 0 Å². The van der Waals surface area contributed by atoms with Gasteiger partial charge in [-0.15, -0.1) is 0 Å². The van der Waals surface area contributed by atoms with Crippen molar-refractivity contribution in [1.82, 2.24) is 10.2 Å². The smallest absolute Gasteiger partial charge is 0.131 e. The zero-order valence-corrected chi connectivity index (χ0v) is 11.8. The molecule has 0 saturated carbocycles. The Morgan fingerprint density at radius 3 is 2.74 bits per heavy atom. The van der Waals surface area contributed by atoms with Crippen LogP contribution in [0, 0.1) is 5.82 Å². The van der Waals surface area contributed by atoms with Gasteiger partial charge >= 0.3 is 0 Å². The first-order chi connectivity index (χ1) is 9.27. The minimum atomic E-state index is -0.156. The molecule has 1 atom stereocenters. The Morgan fingerprint density at radius 1 is 1.37 bits per heavy atom. The van der Waals surface area contributed by atoms with Crippen molar-refractivity contribution in [2.45, 2.75) is 25.8 Å². The van der Waals surface area contributed by atoms with E-state index in [-0.39, 0.29) is 11.9 Å². The fraction of sp³-hybridized carbons (Fsp3) is 0.600. The van der Waals surface area contributed by atoms with Gasteiger partial charge in [0.25, 0.3) is 0 Å². The van der Waals surface area contributed by atoms with Gasteiger partial charge in [0.2, 0.25) is 0 Å². The first-order valence-corrected chi connectivity index (χ1v) is 7.05. The maximum Gasteiger partial charge on any atom is 0.131 e. The number of ether oxygens (including phenoxy) is 1. The Morgan fingerprint density at radius 2 is 2.11 bits per heavy atom. The molecule has 1 saturated heterocycles. The molecule has 0 aromatic heterocycles. The summed E-state index contributed by atoms with van der Waals surface area (Å²) in [6.07, 6.45) is 1.99. The Balaban J connectivity index is 2.32. The molecule has 1 aliphatic heterocycles. The van der Waals surface area contributed by atoms with Crippen LogP contribution >= 0.6 is 0 Å². The monoisotopic (exact) mass is 266 g/mol. The van der Waals surface area contributed by atoms with Crippen molar-refractivity contribution in [3.05, 3.63) is 29.6 Å². The summed E-state index contributed by atoms with van der Waals surface area (Å²) in [5.74, 6) is 0.508. The molecule has 0 radical (unpaired) electrons. The topological polar surface area (TPSA) is 24.5 Å². The average Bonchev–Trinajstić information content (AvgIpc) is 2.46. The van der Waals surface area contributed by atoms with Gasteiger partial charge in [0.1, 0.15) is 11.6 Å². The minimum Gasteiger partial charge on any atom is -0.496 e. The van der Waals surface area contributed by atoms with Crippen LogP contribution in [0.2, 0.25) is 0 Å². The van der Waals surface area contributed by atoms with E-state index in [0.717, 1.165) is 39.0 Å². The van der Waals surface area contributed by atoms with Gasteiger partial charge in [-0.05, 0) is 18.6 Å². The van der Waals surface area contributed by atoms with E-state index >= 15 is 0 Å². The van der Waals surface area contributed by atoms with Gasteiger partial charge in [-0.1, -0.05) is 19.4 Å². The van der Waals surface area contributed by atoms with Crippen LogP contribution in [0.15, 0.2) is 18.2 Å². The number of hydrogen-bond donors (Lipinski definition) is 1. The van der Waals surface area contributed by atoms with Gasteiger partial charge < -0.3 is 10.1 Å². The molecule has 0 spiro atoms. The van der Waals surface area contributed by atoms with Crippen LogP contribution in [-0.2, 0) is 0 Å². The lowest BCUT2D eigenvalue weighted by Gasteiger charge is -2.35. The fourth-order valence-corrected chi connectivity index (χ4v) is 2.80. The fourth-order valence-electron chi connectivity index (χ4n) is 2.80. The summed E-state index contributed by atoms with van der Waals surface area (Å²) in [5.41, 5.74) is 0.716. The highest BCUT2D eigenvalue weighted by Gasteiger charge is 2.26. The van der Waals surface area contributed by atoms with Crippen molar-refractivity contribution in [2.75, 3.05) is 33.3 Å². The SMILES string of the molecule is CCC[C@@H](c1c(F)cccc1OC)N1CCNCC1. The molecule has 0 amide bonds. The van der Waals surface area contributed by atoms with E-state index in [1.54, 1.807) is 13.2 Å². The standard InChI is InChI=1S/C15H23FN2O/c1-3-5-13(18-10-8-17-9-11-18)15-12(16)6-4-7-14(15)19-2/h4,6-7,13,17H,3,5,8-11H2,1-2H3/t13-/m0/s1. The highest BCUT2D eigenvalue weighted by Crippen LogP contribution is 2.34. The molecule has 1 fully saturated rings. The first kappa shape index (κ1) is 14.3. The molecule has 1 aromatic rings. The Bertz CT molecular complexity index is 405. The van der Waals surface area contributed by atoms with Crippen LogP contribution in [0.1, 0.15) is 31.4 Å². The van der Waals surface area contributed by atoms with Crippen molar-refractivity contribution >= 4 is 0 Å². The molecule has 3 nitrogen and oxygen atoms in total. The zero-order chi connectivity index (χ0) is 13.7. The summed E-state index contributed by atoms with van der Waals surface area (Å²) in [4.78, 5) is 2.36. The van der Waals surface area contributed by atoms with Gasteiger partial charge in [0.05, 0.1) is 7.11 Å². The van der Waals surface area contributed by atoms with E-state index in [2.05, 4.69) is 17.1 Å². The number of halogens is 1. The lowest BCUT2D eigenvalue weighted by Crippen LogP contribution is -2.45. The van der Waals surface area contributed by atoms with Gasteiger partial charge in [-0.3, -0.25) is 4.90 Å². The van der Waals surface area contributed by atoms with Crippen molar-refractivity contribution in [1.29, 1.82) is 0 Å². The van der Waals surface area contributed by atoms with E-state index in [1.807, 2.05) is 6.07 Å². The lowest BCUT2D eigenvalue weighted by atomic mass is 9.98. The predicted molar refractivity (Wildman–Crippen MR) is 75.0 cm³/mol. The summed E-state index contributed by atoms with van der Waals surface area (Å²) >= 11 is 0. The molecule has 19 heavy (non-hydrogen) atoms. The predicted octanol–water partition coefficient (Wildman–Crippen LogP) is 2.58. The first-order valence-electron chi connectivity index (χ1n) is 7.05. The minimum absolute atomic E-state index is 0.114. The maximum atomic E-state index is 14.2. The Kier molecular flexibility index (Phi) is 5.16.